The summed E-state index contributed by atoms with van der Waals surface area (Å²) in [6.07, 6.45) is 2.09. The number of pyridine rings is 1. The Labute approximate surface area is 188 Å². The Bertz CT molecular complexity index is 1250. The monoisotopic (exact) mass is 449 g/mol. The average Bonchev–Trinajstić information content (AvgIpc) is 3.26. The SMILES string of the molecule is NC(=O)c1cncc(-c2cc(F)c3c(c2)CC(CNC(=O)C2COc4ccccc4O2)O3)c1. The summed E-state index contributed by atoms with van der Waals surface area (Å²) in [7, 11) is 0. The van der Waals surface area contributed by atoms with E-state index in [0.717, 1.165) is 0 Å². The lowest BCUT2D eigenvalue weighted by Gasteiger charge is -2.25. The lowest BCUT2D eigenvalue weighted by atomic mass is 10.0. The van der Waals surface area contributed by atoms with Gasteiger partial charge in [-0.05, 0) is 35.9 Å². The van der Waals surface area contributed by atoms with Crippen LogP contribution in [-0.2, 0) is 11.2 Å². The number of fused-ring (bicyclic) bond motifs is 2. The van der Waals surface area contributed by atoms with Crippen molar-refractivity contribution in [2.24, 2.45) is 5.73 Å². The molecule has 3 heterocycles. The van der Waals surface area contributed by atoms with Gasteiger partial charge in [0.25, 0.3) is 5.91 Å². The summed E-state index contributed by atoms with van der Waals surface area (Å²) in [4.78, 5) is 28.0. The fourth-order valence-electron chi connectivity index (χ4n) is 3.88. The summed E-state index contributed by atoms with van der Waals surface area (Å²) in [5.41, 5.74) is 7.34. The smallest absolute Gasteiger partial charge is 0.264 e. The average molecular weight is 449 g/mol. The zero-order valence-electron chi connectivity index (χ0n) is 17.4. The van der Waals surface area contributed by atoms with Gasteiger partial charge in [-0.3, -0.25) is 14.6 Å². The molecule has 0 bridgehead atoms. The second-order valence-corrected chi connectivity index (χ2v) is 7.83. The largest absolute Gasteiger partial charge is 0.485 e. The van der Waals surface area contributed by atoms with E-state index < -0.39 is 23.9 Å². The predicted octanol–water partition coefficient (Wildman–Crippen LogP) is 2.25. The van der Waals surface area contributed by atoms with Crippen LogP contribution in [0.2, 0.25) is 0 Å². The van der Waals surface area contributed by atoms with Crippen LogP contribution < -0.4 is 25.3 Å². The summed E-state index contributed by atoms with van der Waals surface area (Å²) in [6.45, 7) is 0.285. The van der Waals surface area contributed by atoms with Gasteiger partial charge in [0.2, 0.25) is 12.0 Å². The third kappa shape index (κ3) is 4.17. The molecule has 2 amide bonds. The Morgan fingerprint density at radius 3 is 2.73 bits per heavy atom. The summed E-state index contributed by atoms with van der Waals surface area (Å²) >= 11 is 0. The zero-order valence-corrected chi connectivity index (χ0v) is 17.4. The molecule has 9 heteroatoms. The number of primary amides is 1. The molecule has 0 aliphatic carbocycles. The third-order valence-corrected chi connectivity index (χ3v) is 5.51. The Hall–Kier alpha value is -4.14. The van der Waals surface area contributed by atoms with Crippen LogP contribution in [0, 0.1) is 5.82 Å². The number of halogens is 1. The van der Waals surface area contributed by atoms with Gasteiger partial charge in [0, 0.05) is 29.9 Å². The molecule has 2 aromatic carbocycles. The molecule has 168 valence electrons. The molecular formula is C24H20FN3O5. The minimum absolute atomic E-state index is 0.102. The molecule has 0 spiro atoms. The molecule has 2 aliphatic heterocycles. The van der Waals surface area contributed by atoms with Gasteiger partial charge in [0.05, 0.1) is 12.1 Å². The molecule has 2 unspecified atom stereocenters. The van der Waals surface area contributed by atoms with Crippen LogP contribution in [0.25, 0.3) is 11.1 Å². The number of carbonyl (C=O) groups excluding carboxylic acids is 2. The van der Waals surface area contributed by atoms with Gasteiger partial charge in [-0.15, -0.1) is 0 Å². The highest BCUT2D eigenvalue weighted by Crippen LogP contribution is 2.36. The number of hydrogen-bond acceptors (Lipinski definition) is 6. The van der Waals surface area contributed by atoms with E-state index >= 15 is 0 Å². The van der Waals surface area contributed by atoms with Crippen molar-refractivity contribution in [3.05, 3.63) is 71.8 Å². The predicted molar refractivity (Wildman–Crippen MR) is 116 cm³/mol. The van der Waals surface area contributed by atoms with Gasteiger partial charge in [0.15, 0.2) is 23.1 Å². The zero-order chi connectivity index (χ0) is 22.9. The molecule has 33 heavy (non-hydrogen) atoms. The number of nitrogens with one attached hydrogen (secondary N) is 1. The van der Waals surface area contributed by atoms with Crippen LogP contribution in [0.5, 0.6) is 17.2 Å². The van der Waals surface area contributed by atoms with Crippen LogP contribution in [0.1, 0.15) is 15.9 Å². The standard InChI is InChI=1S/C24H20FN3O5/c25-18-8-13(15-6-16(23(26)29)10-27-9-15)5-14-7-17(32-22(14)18)11-28-24(30)21-12-31-19-3-1-2-4-20(19)33-21/h1-6,8-10,17,21H,7,11-12H2,(H2,26,29)(H,28,30). The third-order valence-electron chi connectivity index (χ3n) is 5.51. The van der Waals surface area contributed by atoms with E-state index in [1.54, 1.807) is 30.3 Å². The summed E-state index contributed by atoms with van der Waals surface area (Å²) < 4.78 is 31.7. The highest BCUT2D eigenvalue weighted by atomic mass is 19.1. The second-order valence-electron chi connectivity index (χ2n) is 7.83. The van der Waals surface area contributed by atoms with Crippen LogP contribution in [-0.4, -0.2) is 42.2 Å². The summed E-state index contributed by atoms with van der Waals surface area (Å²) in [5, 5.41) is 2.79. The maximum atomic E-state index is 14.7. The van der Waals surface area contributed by atoms with Gasteiger partial charge in [-0.1, -0.05) is 12.1 Å². The minimum atomic E-state index is -0.781. The number of nitrogens with two attached hydrogens (primary N) is 1. The van der Waals surface area contributed by atoms with Gasteiger partial charge in [-0.2, -0.15) is 0 Å². The molecule has 1 aromatic heterocycles. The fourth-order valence-corrected chi connectivity index (χ4v) is 3.88. The second kappa shape index (κ2) is 8.42. The van der Waals surface area contributed by atoms with Crippen molar-refractivity contribution in [1.82, 2.24) is 10.3 Å². The van der Waals surface area contributed by atoms with Crippen molar-refractivity contribution in [2.75, 3.05) is 13.2 Å². The van der Waals surface area contributed by atoms with Crippen LogP contribution >= 0.6 is 0 Å². The van der Waals surface area contributed by atoms with Crippen molar-refractivity contribution in [3.8, 4) is 28.4 Å². The number of carbonyl (C=O) groups is 2. The van der Waals surface area contributed by atoms with E-state index in [2.05, 4.69) is 10.3 Å². The normalized spacial score (nSPS) is 18.2. The molecule has 0 radical (unpaired) electrons. The van der Waals surface area contributed by atoms with Gasteiger partial charge in [0.1, 0.15) is 12.7 Å². The molecule has 2 atom stereocenters. The van der Waals surface area contributed by atoms with Crippen molar-refractivity contribution >= 4 is 11.8 Å². The molecule has 3 N–H and O–H groups in total. The van der Waals surface area contributed by atoms with Gasteiger partial charge < -0.3 is 25.3 Å². The highest BCUT2D eigenvalue weighted by molar-refractivity contribution is 5.93. The van der Waals surface area contributed by atoms with Crippen LogP contribution in [0.3, 0.4) is 0 Å². The molecular weight excluding hydrogens is 429 g/mol. The molecule has 0 fully saturated rings. The number of benzene rings is 2. The first-order valence-corrected chi connectivity index (χ1v) is 10.4. The first kappa shape index (κ1) is 20.7. The Morgan fingerprint density at radius 1 is 1.09 bits per heavy atom. The molecule has 5 rings (SSSR count). The quantitative estimate of drug-likeness (QED) is 0.618. The maximum Gasteiger partial charge on any atom is 0.264 e. The van der Waals surface area contributed by atoms with E-state index in [9.17, 15) is 14.0 Å². The lowest BCUT2D eigenvalue weighted by Crippen LogP contribution is -2.46. The van der Waals surface area contributed by atoms with Crippen molar-refractivity contribution < 1.29 is 28.2 Å². The van der Waals surface area contributed by atoms with Crippen LogP contribution in [0.4, 0.5) is 4.39 Å². The van der Waals surface area contributed by atoms with Crippen LogP contribution in [0.15, 0.2) is 54.9 Å². The molecule has 2 aliphatic rings. The van der Waals surface area contributed by atoms with E-state index in [-0.39, 0.29) is 30.4 Å². The number of para-hydroxylation sites is 2. The molecule has 0 saturated heterocycles. The number of hydrogen-bond donors (Lipinski definition) is 2. The van der Waals surface area contributed by atoms with Crippen molar-refractivity contribution in [2.45, 2.75) is 18.6 Å². The van der Waals surface area contributed by atoms with E-state index in [0.29, 0.717) is 34.6 Å². The molecule has 0 saturated carbocycles. The summed E-state index contributed by atoms with van der Waals surface area (Å²) in [5.74, 6) is -0.206. The minimum Gasteiger partial charge on any atom is -0.485 e. The van der Waals surface area contributed by atoms with E-state index in [4.69, 9.17) is 19.9 Å². The first-order chi connectivity index (χ1) is 16.0. The number of amides is 2. The number of nitrogens with zero attached hydrogens (tertiary/aromatic N) is 1. The molecule has 8 nitrogen and oxygen atoms in total. The van der Waals surface area contributed by atoms with Crippen molar-refractivity contribution in [3.63, 3.8) is 0 Å². The maximum absolute atomic E-state index is 14.7. The topological polar surface area (TPSA) is 113 Å². The molecule has 3 aromatic rings. The number of ether oxygens (including phenoxy) is 3. The highest BCUT2D eigenvalue weighted by Gasteiger charge is 2.30. The van der Waals surface area contributed by atoms with Gasteiger partial charge in [-0.25, -0.2) is 4.39 Å². The Kier molecular flexibility index (Phi) is 5.29. The Morgan fingerprint density at radius 2 is 1.91 bits per heavy atom. The van der Waals surface area contributed by atoms with E-state index in [1.807, 2.05) is 6.07 Å². The first-order valence-electron chi connectivity index (χ1n) is 10.4. The number of rotatable bonds is 5. The van der Waals surface area contributed by atoms with Crippen molar-refractivity contribution in [1.29, 1.82) is 0 Å². The lowest BCUT2D eigenvalue weighted by molar-refractivity contribution is -0.130. The fraction of sp³-hybridized carbons (Fsp3) is 0.208. The Balaban J connectivity index is 1.24. The summed E-state index contributed by atoms with van der Waals surface area (Å²) in [6, 6.07) is 11.8. The van der Waals surface area contributed by atoms with E-state index in [1.165, 1.54) is 18.5 Å². The van der Waals surface area contributed by atoms with Gasteiger partial charge >= 0.3 is 0 Å². The number of aromatic nitrogens is 1.